The van der Waals surface area contributed by atoms with Crippen molar-refractivity contribution in [1.82, 2.24) is 0 Å². The lowest BCUT2D eigenvalue weighted by atomic mass is 9.84. The molecule has 0 amide bonds. The molecule has 0 heterocycles. The molecule has 2 saturated carbocycles. The fourth-order valence-electron chi connectivity index (χ4n) is 2.94. The lowest BCUT2D eigenvalue weighted by Crippen LogP contribution is -2.30. The van der Waals surface area contributed by atoms with Crippen molar-refractivity contribution in [2.24, 2.45) is 23.5 Å². The maximum atomic E-state index is 5.88. The van der Waals surface area contributed by atoms with Crippen LogP contribution < -0.4 is 5.73 Å². The molecule has 2 aliphatic rings. The zero-order valence-electron chi connectivity index (χ0n) is 6.72. The summed E-state index contributed by atoms with van der Waals surface area (Å²) < 4.78 is 0. The van der Waals surface area contributed by atoms with E-state index in [2.05, 4.69) is 6.92 Å². The standard InChI is InChI=1S/C9H17N/c1-6(10)9-5-7-2-3-8(9)4-7/h6-9H,2-5,10H2,1H3/t6-,7?,8?,9?/m0/s1. The van der Waals surface area contributed by atoms with Gasteiger partial charge in [-0.3, -0.25) is 0 Å². The van der Waals surface area contributed by atoms with Gasteiger partial charge in [-0.25, -0.2) is 0 Å². The Bertz CT molecular complexity index is 131. The number of hydrogen-bond acceptors (Lipinski definition) is 1. The van der Waals surface area contributed by atoms with Crippen LogP contribution in [-0.2, 0) is 0 Å². The van der Waals surface area contributed by atoms with Crippen LogP contribution >= 0.6 is 0 Å². The van der Waals surface area contributed by atoms with E-state index in [1.807, 2.05) is 0 Å². The van der Waals surface area contributed by atoms with Crippen molar-refractivity contribution >= 4 is 0 Å². The van der Waals surface area contributed by atoms with E-state index in [0.717, 1.165) is 17.8 Å². The first-order valence-electron chi connectivity index (χ1n) is 4.53. The summed E-state index contributed by atoms with van der Waals surface area (Å²) in [6.07, 6.45) is 5.89. The van der Waals surface area contributed by atoms with E-state index in [-0.39, 0.29) is 0 Å². The van der Waals surface area contributed by atoms with Gasteiger partial charge in [-0.2, -0.15) is 0 Å². The summed E-state index contributed by atoms with van der Waals surface area (Å²) in [7, 11) is 0. The van der Waals surface area contributed by atoms with Gasteiger partial charge in [0, 0.05) is 6.04 Å². The molecule has 58 valence electrons. The van der Waals surface area contributed by atoms with E-state index in [1.165, 1.54) is 25.7 Å². The molecule has 0 aromatic heterocycles. The number of fused-ring (bicyclic) bond motifs is 2. The van der Waals surface area contributed by atoms with Crippen molar-refractivity contribution in [3.8, 4) is 0 Å². The summed E-state index contributed by atoms with van der Waals surface area (Å²) >= 11 is 0. The number of rotatable bonds is 1. The zero-order chi connectivity index (χ0) is 7.14. The van der Waals surface area contributed by atoms with Crippen LogP contribution in [0.15, 0.2) is 0 Å². The van der Waals surface area contributed by atoms with Crippen LogP contribution in [0.3, 0.4) is 0 Å². The van der Waals surface area contributed by atoms with Crippen molar-refractivity contribution in [2.45, 2.75) is 38.6 Å². The number of nitrogens with two attached hydrogens (primary N) is 1. The predicted molar refractivity (Wildman–Crippen MR) is 42.6 cm³/mol. The second-order valence-corrected chi connectivity index (χ2v) is 4.20. The van der Waals surface area contributed by atoms with Gasteiger partial charge in [0.05, 0.1) is 0 Å². The van der Waals surface area contributed by atoms with Crippen LogP contribution in [0.4, 0.5) is 0 Å². The summed E-state index contributed by atoms with van der Waals surface area (Å²) in [4.78, 5) is 0. The molecule has 0 radical (unpaired) electrons. The van der Waals surface area contributed by atoms with Gasteiger partial charge in [0.2, 0.25) is 0 Å². The van der Waals surface area contributed by atoms with Gasteiger partial charge in [0.25, 0.3) is 0 Å². The van der Waals surface area contributed by atoms with Gasteiger partial charge in [-0.05, 0) is 43.9 Å². The van der Waals surface area contributed by atoms with E-state index in [1.54, 1.807) is 0 Å². The molecule has 0 spiro atoms. The van der Waals surface area contributed by atoms with Gasteiger partial charge in [-0.15, -0.1) is 0 Å². The highest BCUT2D eigenvalue weighted by Gasteiger charge is 2.40. The van der Waals surface area contributed by atoms with Crippen LogP contribution in [0, 0.1) is 17.8 Å². The first-order chi connectivity index (χ1) is 4.77. The quantitative estimate of drug-likeness (QED) is 0.588. The predicted octanol–water partition coefficient (Wildman–Crippen LogP) is 1.77. The monoisotopic (exact) mass is 139 g/mol. The second-order valence-electron chi connectivity index (χ2n) is 4.20. The van der Waals surface area contributed by atoms with Crippen LogP contribution in [0.25, 0.3) is 0 Å². The smallest absolute Gasteiger partial charge is 0.00415 e. The van der Waals surface area contributed by atoms with Crippen molar-refractivity contribution in [3.63, 3.8) is 0 Å². The van der Waals surface area contributed by atoms with Crippen molar-refractivity contribution in [2.75, 3.05) is 0 Å². The Balaban J connectivity index is 2.02. The Morgan fingerprint density at radius 1 is 1.30 bits per heavy atom. The summed E-state index contributed by atoms with van der Waals surface area (Å²) in [5, 5.41) is 0. The van der Waals surface area contributed by atoms with Crippen molar-refractivity contribution in [1.29, 1.82) is 0 Å². The molecule has 0 aromatic rings. The Hall–Kier alpha value is -0.0400. The third-order valence-electron chi connectivity index (χ3n) is 3.47. The van der Waals surface area contributed by atoms with E-state index in [0.29, 0.717) is 6.04 Å². The molecule has 1 nitrogen and oxygen atoms in total. The molecular weight excluding hydrogens is 122 g/mol. The molecule has 2 N–H and O–H groups in total. The van der Waals surface area contributed by atoms with E-state index < -0.39 is 0 Å². The maximum Gasteiger partial charge on any atom is 0.00415 e. The molecule has 2 fully saturated rings. The molecule has 2 aliphatic carbocycles. The molecule has 0 aromatic carbocycles. The first-order valence-corrected chi connectivity index (χ1v) is 4.53. The molecule has 1 heteroatoms. The number of hydrogen-bond donors (Lipinski definition) is 1. The van der Waals surface area contributed by atoms with Gasteiger partial charge >= 0.3 is 0 Å². The fraction of sp³-hybridized carbons (Fsp3) is 1.00. The Morgan fingerprint density at radius 3 is 2.40 bits per heavy atom. The Morgan fingerprint density at radius 2 is 2.10 bits per heavy atom. The normalized spacial score (nSPS) is 48.0. The molecule has 0 aliphatic heterocycles. The van der Waals surface area contributed by atoms with Crippen LogP contribution in [0.1, 0.15) is 32.6 Å². The molecule has 0 saturated heterocycles. The summed E-state index contributed by atoms with van der Waals surface area (Å²) in [5.74, 6) is 2.93. The third-order valence-corrected chi connectivity index (χ3v) is 3.47. The van der Waals surface area contributed by atoms with Gasteiger partial charge in [-0.1, -0.05) is 6.42 Å². The minimum Gasteiger partial charge on any atom is -0.328 e. The minimum absolute atomic E-state index is 0.454. The summed E-state index contributed by atoms with van der Waals surface area (Å²) in [6, 6.07) is 0.454. The van der Waals surface area contributed by atoms with Gasteiger partial charge < -0.3 is 5.73 Å². The second kappa shape index (κ2) is 2.23. The average molecular weight is 139 g/mol. The minimum atomic E-state index is 0.454. The SMILES string of the molecule is C[C@H](N)C1CC2CCC1C2. The molecule has 2 rings (SSSR count). The highest BCUT2D eigenvalue weighted by molar-refractivity contribution is 4.92. The maximum absolute atomic E-state index is 5.88. The summed E-state index contributed by atoms with van der Waals surface area (Å²) in [6.45, 7) is 2.17. The summed E-state index contributed by atoms with van der Waals surface area (Å²) in [5.41, 5.74) is 5.88. The lowest BCUT2D eigenvalue weighted by Gasteiger charge is -2.24. The molecule has 10 heavy (non-hydrogen) atoms. The average Bonchev–Trinajstić information content (AvgIpc) is 2.44. The van der Waals surface area contributed by atoms with Gasteiger partial charge in [0.1, 0.15) is 0 Å². The van der Waals surface area contributed by atoms with Crippen molar-refractivity contribution in [3.05, 3.63) is 0 Å². The Kier molecular flexibility index (Phi) is 1.48. The molecule has 4 atom stereocenters. The molecule has 3 unspecified atom stereocenters. The van der Waals surface area contributed by atoms with Gasteiger partial charge in [0.15, 0.2) is 0 Å². The fourth-order valence-corrected chi connectivity index (χ4v) is 2.94. The molecular formula is C9H17N. The zero-order valence-corrected chi connectivity index (χ0v) is 6.72. The highest BCUT2D eigenvalue weighted by Crippen LogP contribution is 2.49. The van der Waals surface area contributed by atoms with E-state index >= 15 is 0 Å². The molecule has 2 bridgehead atoms. The van der Waals surface area contributed by atoms with Crippen LogP contribution in [0.2, 0.25) is 0 Å². The van der Waals surface area contributed by atoms with Crippen LogP contribution in [-0.4, -0.2) is 6.04 Å². The largest absolute Gasteiger partial charge is 0.328 e. The highest BCUT2D eigenvalue weighted by atomic mass is 14.7. The first kappa shape index (κ1) is 6.66. The third kappa shape index (κ3) is 0.878. The van der Waals surface area contributed by atoms with Crippen LogP contribution in [0.5, 0.6) is 0 Å². The Labute approximate surface area is 63.0 Å². The van der Waals surface area contributed by atoms with E-state index in [4.69, 9.17) is 5.73 Å². The van der Waals surface area contributed by atoms with Crippen molar-refractivity contribution < 1.29 is 0 Å². The lowest BCUT2D eigenvalue weighted by molar-refractivity contribution is 0.293. The topological polar surface area (TPSA) is 26.0 Å². The van der Waals surface area contributed by atoms with E-state index in [9.17, 15) is 0 Å².